The Bertz CT molecular complexity index is 156. The lowest BCUT2D eigenvalue weighted by Gasteiger charge is -2.08. The standard InChI is InChI=1S/C4H7N3O2S/c5-3(9)2(4(6)10)7-1-8/h1-2H,(H2,5,9)(H2,6,10)(H,7,8)/t2-/m0/s1. The van der Waals surface area contributed by atoms with Crippen molar-refractivity contribution in [3.63, 3.8) is 0 Å². The van der Waals surface area contributed by atoms with Crippen molar-refractivity contribution in [3.05, 3.63) is 0 Å². The maximum absolute atomic E-state index is 10.4. The second kappa shape index (κ2) is 3.78. The van der Waals surface area contributed by atoms with E-state index in [0.29, 0.717) is 6.41 Å². The number of hydrogen-bond donors (Lipinski definition) is 3. The molecular weight excluding hydrogens is 154 g/mol. The van der Waals surface area contributed by atoms with Gasteiger partial charge in [-0.3, -0.25) is 9.59 Å². The molecule has 0 aromatic heterocycles. The van der Waals surface area contributed by atoms with Crippen LogP contribution in [0, 0.1) is 0 Å². The zero-order chi connectivity index (χ0) is 8.15. The first kappa shape index (κ1) is 8.83. The second-order valence-electron chi connectivity index (χ2n) is 1.52. The molecule has 0 aromatic rings. The van der Waals surface area contributed by atoms with E-state index >= 15 is 0 Å². The number of hydrogen-bond acceptors (Lipinski definition) is 3. The molecule has 0 saturated carbocycles. The van der Waals surface area contributed by atoms with Gasteiger partial charge in [0.15, 0.2) is 6.04 Å². The van der Waals surface area contributed by atoms with Gasteiger partial charge in [0, 0.05) is 0 Å². The average molecular weight is 161 g/mol. The summed E-state index contributed by atoms with van der Waals surface area (Å²) in [7, 11) is 0. The van der Waals surface area contributed by atoms with E-state index < -0.39 is 11.9 Å². The summed E-state index contributed by atoms with van der Waals surface area (Å²) in [5.74, 6) is -0.764. The molecule has 0 aliphatic carbocycles. The van der Waals surface area contributed by atoms with E-state index in [0.717, 1.165) is 0 Å². The van der Waals surface area contributed by atoms with Crippen LogP contribution in [-0.4, -0.2) is 23.3 Å². The fraction of sp³-hybridized carbons (Fsp3) is 0.250. The third-order valence-corrected chi connectivity index (χ3v) is 1.04. The van der Waals surface area contributed by atoms with Gasteiger partial charge in [-0.2, -0.15) is 0 Å². The quantitative estimate of drug-likeness (QED) is 0.324. The van der Waals surface area contributed by atoms with Crippen LogP contribution in [0.5, 0.6) is 0 Å². The van der Waals surface area contributed by atoms with Crippen molar-refractivity contribution >= 4 is 29.5 Å². The molecule has 6 heteroatoms. The Labute approximate surface area is 62.7 Å². The minimum atomic E-state index is -1.03. The van der Waals surface area contributed by atoms with Crippen LogP contribution >= 0.6 is 12.2 Å². The highest BCUT2D eigenvalue weighted by atomic mass is 32.1. The number of nitrogens with one attached hydrogen (secondary N) is 1. The normalized spacial score (nSPS) is 11.6. The topological polar surface area (TPSA) is 98.2 Å². The summed E-state index contributed by atoms with van der Waals surface area (Å²) in [5.41, 5.74) is 9.83. The monoisotopic (exact) mass is 161 g/mol. The molecule has 2 amide bonds. The zero-order valence-electron chi connectivity index (χ0n) is 5.03. The van der Waals surface area contributed by atoms with Crippen LogP contribution in [0.2, 0.25) is 0 Å². The molecule has 0 aromatic carbocycles. The Morgan fingerprint density at radius 1 is 1.60 bits per heavy atom. The molecular formula is C4H7N3O2S. The number of thiocarbonyl (C=S) groups is 1. The Morgan fingerprint density at radius 3 is 2.20 bits per heavy atom. The first-order valence-corrected chi connectivity index (χ1v) is 2.78. The largest absolute Gasteiger partial charge is 0.391 e. The number of primary amides is 1. The van der Waals surface area contributed by atoms with E-state index in [4.69, 9.17) is 11.5 Å². The molecule has 0 rings (SSSR count). The first-order valence-electron chi connectivity index (χ1n) is 2.38. The Kier molecular flexibility index (Phi) is 3.34. The summed E-state index contributed by atoms with van der Waals surface area (Å²) in [6.07, 6.45) is 0.314. The lowest BCUT2D eigenvalue weighted by molar-refractivity contribution is -0.120. The molecule has 10 heavy (non-hydrogen) atoms. The minimum absolute atomic E-state index is 0.139. The van der Waals surface area contributed by atoms with Crippen molar-refractivity contribution in [2.24, 2.45) is 11.5 Å². The summed E-state index contributed by atoms with van der Waals surface area (Å²) >= 11 is 4.41. The number of nitrogens with two attached hydrogens (primary N) is 2. The zero-order valence-corrected chi connectivity index (χ0v) is 5.85. The molecule has 0 radical (unpaired) electrons. The Balaban J connectivity index is 4.11. The van der Waals surface area contributed by atoms with Gasteiger partial charge in [0.05, 0.1) is 0 Å². The van der Waals surface area contributed by atoms with E-state index in [9.17, 15) is 9.59 Å². The molecule has 0 heterocycles. The van der Waals surface area contributed by atoms with Gasteiger partial charge in [-0.15, -0.1) is 0 Å². The summed E-state index contributed by atoms with van der Waals surface area (Å²) in [6.45, 7) is 0. The van der Waals surface area contributed by atoms with Crippen LogP contribution in [-0.2, 0) is 9.59 Å². The van der Waals surface area contributed by atoms with Crippen LogP contribution in [0.25, 0.3) is 0 Å². The molecule has 0 spiro atoms. The molecule has 0 fully saturated rings. The average Bonchev–Trinajstić information content (AvgIpc) is 1.81. The van der Waals surface area contributed by atoms with E-state index in [2.05, 4.69) is 17.5 Å². The Morgan fingerprint density at radius 2 is 2.10 bits per heavy atom. The van der Waals surface area contributed by atoms with E-state index in [1.165, 1.54) is 0 Å². The van der Waals surface area contributed by atoms with Gasteiger partial charge >= 0.3 is 0 Å². The van der Waals surface area contributed by atoms with Crippen molar-refractivity contribution in [1.82, 2.24) is 5.32 Å². The summed E-state index contributed by atoms with van der Waals surface area (Å²) in [6, 6.07) is -1.03. The van der Waals surface area contributed by atoms with Crippen LogP contribution in [0.4, 0.5) is 0 Å². The van der Waals surface area contributed by atoms with Crippen LogP contribution in [0.1, 0.15) is 0 Å². The molecule has 5 nitrogen and oxygen atoms in total. The van der Waals surface area contributed by atoms with Crippen molar-refractivity contribution in [1.29, 1.82) is 0 Å². The van der Waals surface area contributed by atoms with Gasteiger partial charge in [0.25, 0.3) is 0 Å². The number of rotatable bonds is 4. The minimum Gasteiger partial charge on any atom is -0.391 e. The number of carbonyl (C=O) groups excluding carboxylic acids is 2. The van der Waals surface area contributed by atoms with Crippen LogP contribution in [0.15, 0.2) is 0 Å². The predicted octanol–water partition coefficient (Wildman–Crippen LogP) is -2.13. The van der Waals surface area contributed by atoms with Gasteiger partial charge in [0.2, 0.25) is 12.3 Å². The fourth-order valence-electron chi connectivity index (χ4n) is 0.373. The summed E-state index contributed by atoms with van der Waals surface area (Å²) in [4.78, 5) is 20.0. The highest BCUT2D eigenvalue weighted by molar-refractivity contribution is 7.80. The van der Waals surface area contributed by atoms with Gasteiger partial charge in [0.1, 0.15) is 4.99 Å². The molecule has 0 aliphatic rings. The van der Waals surface area contributed by atoms with Crippen molar-refractivity contribution < 1.29 is 9.59 Å². The van der Waals surface area contributed by atoms with Crippen LogP contribution in [0.3, 0.4) is 0 Å². The number of amides is 2. The molecule has 0 bridgehead atoms. The summed E-state index contributed by atoms with van der Waals surface area (Å²) in [5, 5.41) is 2.06. The summed E-state index contributed by atoms with van der Waals surface area (Å²) < 4.78 is 0. The third-order valence-electron chi connectivity index (χ3n) is 0.804. The fourth-order valence-corrected chi connectivity index (χ4v) is 0.557. The van der Waals surface area contributed by atoms with E-state index in [-0.39, 0.29) is 4.99 Å². The van der Waals surface area contributed by atoms with Gasteiger partial charge in [-0.1, -0.05) is 12.2 Å². The Hall–Kier alpha value is -1.17. The second-order valence-corrected chi connectivity index (χ2v) is 1.99. The van der Waals surface area contributed by atoms with Gasteiger partial charge in [-0.05, 0) is 0 Å². The maximum atomic E-state index is 10.4. The highest BCUT2D eigenvalue weighted by Crippen LogP contribution is 1.79. The lowest BCUT2D eigenvalue weighted by Crippen LogP contribution is -2.48. The van der Waals surface area contributed by atoms with Crippen molar-refractivity contribution in [2.75, 3.05) is 0 Å². The van der Waals surface area contributed by atoms with Crippen molar-refractivity contribution in [2.45, 2.75) is 6.04 Å². The molecule has 56 valence electrons. The van der Waals surface area contributed by atoms with Gasteiger partial charge < -0.3 is 16.8 Å². The molecule has 1 atom stereocenters. The van der Waals surface area contributed by atoms with E-state index in [1.807, 2.05) is 0 Å². The van der Waals surface area contributed by atoms with Crippen molar-refractivity contribution in [3.8, 4) is 0 Å². The molecule has 0 aliphatic heterocycles. The predicted molar refractivity (Wildman–Crippen MR) is 39.0 cm³/mol. The highest BCUT2D eigenvalue weighted by Gasteiger charge is 2.15. The smallest absolute Gasteiger partial charge is 0.247 e. The number of carbonyl (C=O) groups is 2. The van der Waals surface area contributed by atoms with E-state index in [1.54, 1.807) is 0 Å². The van der Waals surface area contributed by atoms with Gasteiger partial charge in [-0.25, -0.2) is 0 Å². The third kappa shape index (κ3) is 2.40. The molecule has 0 saturated heterocycles. The molecule has 5 N–H and O–H groups in total. The SMILES string of the molecule is NC(=O)[C@H](NC=O)C(N)=S. The lowest BCUT2D eigenvalue weighted by atomic mass is 10.3. The molecule has 0 unspecified atom stereocenters. The first-order chi connectivity index (χ1) is 4.59. The maximum Gasteiger partial charge on any atom is 0.247 e. The van der Waals surface area contributed by atoms with Crippen LogP contribution < -0.4 is 16.8 Å².